The van der Waals surface area contributed by atoms with E-state index < -0.39 is 62.4 Å². The third-order valence-electron chi connectivity index (χ3n) is 9.27. The monoisotopic (exact) mass is 860 g/mol. The average Bonchev–Trinajstić information content (AvgIpc) is 3.16. The van der Waals surface area contributed by atoms with Gasteiger partial charge in [-0.2, -0.15) is 0 Å². The molecule has 0 fully saturated rings. The van der Waals surface area contributed by atoms with Crippen molar-refractivity contribution in [2.45, 2.75) is 186 Å². The fraction of sp³-hybridized carbons (Fsp3) is 0.750. The molecule has 336 valence electrons. The molecule has 0 spiro atoms. The number of carbonyl (C=O) groups is 3. The number of carboxylic acid groups (broad SMARTS) is 1. The summed E-state index contributed by atoms with van der Waals surface area (Å²) in [5, 5.41) is 19.3. The molecule has 0 aromatic carbocycles. The summed E-state index contributed by atoms with van der Waals surface area (Å²) >= 11 is 1.21. The summed E-state index contributed by atoms with van der Waals surface area (Å²) in [5.41, 5.74) is 6.10. The number of esters is 2. The number of carboxylic acids is 1. The van der Waals surface area contributed by atoms with Gasteiger partial charge in [0.05, 0.1) is 12.7 Å². The molecule has 0 aliphatic rings. The van der Waals surface area contributed by atoms with E-state index in [1.165, 1.54) is 88.8 Å². The van der Waals surface area contributed by atoms with Gasteiger partial charge < -0.3 is 35.2 Å². The molecular formula is C44H78NO11PS. The quantitative estimate of drug-likeness (QED) is 0.0129. The number of nitrogens with two attached hydrogens (primary N) is 1. The number of ether oxygens (including phenoxy) is 2. The van der Waals surface area contributed by atoms with E-state index in [1.54, 1.807) is 12.2 Å². The first-order valence-electron chi connectivity index (χ1n) is 21.7. The van der Waals surface area contributed by atoms with Gasteiger partial charge in [-0.3, -0.25) is 18.9 Å². The van der Waals surface area contributed by atoms with E-state index in [9.17, 15) is 33.8 Å². The maximum absolute atomic E-state index is 12.8. The molecule has 6 N–H and O–H groups in total. The molecule has 0 aromatic heterocycles. The van der Waals surface area contributed by atoms with Gasteiger partial charge in [0.25, 0.3) is 0 Å². The molecule has 0 heterocycles. The van der Waals surface area contributed by atoms with E-state index in [-0.39, 0.29) is 31.4 Å². The number of allylic oxidation sites excluding steroid dienone is 7. The minimum atomic E-state index is -4.89. The van der Waals surface area contributed by atoms with Crippen molar-refractivity contribution in [1.82, 2.24) is 0 Å². The first-order valence-corrected chi connectivity index (χ1v) is 24.3. The topological polar surface area (TPSA) is 203 Å². The summed E-state index contributed by atoms with van der Waals surface area (Å²) < 4.78 is 26.5. The van der Waals surface area contributed by atoms with Crippen LogP contribution in [0.4, 0.5) is 0 Å². The molecule has 0 radical (unpaired) electrons. The van der Waals surface area contributed by atoms with Crippen LogP contribution in [0.1, 0.15) is 162 Å². The van der Waals surface area contributed by atoms with Crippen LogP contribution in [0.15, 0.2) is 48.6 Å². The minimum absolute atomic E-state index is 0.0417. The Morgan fingerprint density at radius 2 is 1.36 bits per heavy atom. The molecule has 0 rings (SSSR count). The number of rotatable bonds is 39. The predicted octanol–water partition coefficient (Wildman–Crippen LogP) is 9.91. The van der Waals surface area contributed by atoms with E-state index in [4.69, 9.17) is 20.3 Å². The van der Waals surface area contributed by atoms with E-state index in [1.807, 2.05) is 24.3 Å². The fourth-order valence-corrected chi connectivity index (χ4v) is 7.37. The number of phosphoric acid groups is 1. The molecule has 0 saturated carbocycles. The van der Waals surface area contributed by atoms with Gasteiger partial charge in [-0.1, -0.05) is 159 Å². The van der Waals surface area contributed by atoms with Gasteiger partial charge in [-0.25, -0.2) is 4.57 Å². The van der Waals surface area contributed by atoms with E-state index in [0.717, 1.165) is 38.0 Å². The van der Waals surface area contributed by atoms with Crippen molar-refractivity contribution in [1.29, 1.82) is 0 Å². The molecular weight excluding hydrogens is 782 g/mol. The Morgan fingerprint density at radius 3 is 1.97 bits per heavy atom. The molecule has 0 saturated heterocycles. The SMILES string of the molecule is CCCCC/C=C\C\C=C/C=C/C=C/[C@@H](SC[C@H](N)C(=O)OC[C@H](COP(=O)(O)O)OC(=O)CCCCCCCCCCCCCCC(C)C)[C@@H](O)CCCC(=O)O. The van der Waals surface area contributed by atoms with Crippen molar-refractivity contribution < 1.29 is 52.9 Å². The van der Waals surface area contributed by atoms with Crippen LogP contribution in [0.3, 0.4) is 0 Å². The average molecular weight is 860 g/mol. The number of aliphatic hydroxyl groups is 1. The third kappa shape index (κ3) is 38.0. The second kappa shape index (κ2) is 37.7. The Kier molecular flexibility index (Phi) is 36.3. The Labute approximate surface area is 354 Å². The Bertz CT molecular complexity index is 1220. The Balaban J connectivity index is 4.83. The zero-order valence-corrected chi connectivity index (χ0v) is 37.5. The van der Waals surface area contributed by atoms with Gasteiger partial charge in [-0.15, -0.1) is 11.8 Å². The maximum atomic E-state index is 12.8. The van der Waals surface area contributed by atoms with Crippen molar-refractivity contribution in [3.05, 3.63) is 48.6 Å². The highest BCUT2D eigenvalue weighted by molar-refractivity contribution is 8.00. The lowest BCUT2D eigenvalue weighted by atomic mass is 10.0. The number of hydrogen-bond acceptors (Lipinski definition) is 10. The summed E-state index contributed by atoms with van der Waals surface area (Å²) in [7, 11) is -4.89. The predicted molar refractivity (Wildman–Crippen MR) is 235 cm³/mol. The second-order valence-electron chi connectivity index (χ2n) is 15.4. The van der Waals surface area contributed by atoms with Crippen molar-refractivity contribution >= 4 is 37.5 Å². The van der Waals surface area contributed by atoms with Crippen LogP contribution in [0.2, 0.25) is 0 Å². The molecule has 4 atom stereocenters. The largest absolute Gasteiger partial charge is 0.481 e. The highest BCUT2D eigenvalue weighted by atomic mass is 32.2. The van der Waals surface area contributed by atoms with Gasteiger partial charge in [0.1, 0.15) is 12.6 Å². The molecule has 0 bridgehead atoms. The Hall–Kier alpha value is -2.25. The third-order valence-corrected chi connectivity index (χ3v) is 11.2. The normalized spacial score (nSPS) is 14.6. The summed E-state index contributed by atoms with van der Waals surface area (Å²) in [6.07, 6.45) is 34.5. The minimum Gasteiger partial charge on any atom is -0.481 e. The highest BCUT2D eigenvalue weighted by Crippen LogP contribution is 2.36. The number of carbonyl (C=O) groups excluding carboxylic acids is 2. The van der Waals surface area contributed by atoms with Gasteiger partial charge in [-0.05, 0) is 44.4 Å². The van der Waals surface area contributed by atoms with Crippen molar-refractivity contribution in [3.63, 3.8) is 0 Å². The lowest BCUT2D eigenvalue weighted by molar-refractivity contribution is -0.161. The summed E-state index contributed by atoms with van der Waals surface area (Å²) in [6.45, 7) is 5.53. The lowest BCUT2D eigenvalue weighted by Crippen LogP contribution is -2.38. The van der Waals surface area contributed by atoms with Crippen molar-refractivity contribution in [3.8, 4) is 0 Å². The first kappa shape index (κ1) is 55.8. The van der Waals surface area contributed by atoms with Crippen LogP contribution in [0.5, 0.6) is 0 Å². The van der Waals surface area contributed by atoms with Gasteiger partial charge in [0.15, 0.2) is 6.10 Å². The second-order valence-corrected chi connectivity index (χ2v) is 17.8. The van der Waals surface area contributed by atoms with Crippen LogP contribution in [-0.2, 0) is 32.9 Å². The zero-order valence-electron chi connectivity index (χ0n) is 35.8. The van der Waals surface area contributed by atoms with Crippen molar-refractivity contribution in [2.75, 3.05) is 19.0 Å². The number of phosphoric ester groups is 1. The molecule has 0 amide bonds. The Morgan fingerprint density at radius 1 is 0.741 bits per heavy atom. The smallest absolute Gasteiger partial charge is 0.469 e. The number of aliphatic carboxylic acids is 1. The number of thioether (sulfide) groups is 1. The van der Waals surface area contributed by atoms with Crippen LogP contribution in [0.25, 0.3) is 0 Å². The molecule has 58 heavy (non-hydrogen) atoms. The van der Waals surface area contributed by atoms with Gasteiger partial charge in [0.2, 0.25) is 0 Å². The van der Waals surface area contributed by atoms with Crippen LogP contribution in [0, 0.1) is 5.92 Å². The number of hydrogen-bond donors (Lipinski definition) is 5. The molecule has 0 aromatic rings. The molecule has 0 aliphatic heterocycles. The van der Waals surface area contributed by atoms with Gasteiger partial charge in [0, 0.05) is 23.8 Å². The van der Waals surface area contributed by atoms with Gasteiger partial charge >= 0.3 is 25.7 Å². The standard InChI is InChI=1S/C44H78NO11PS/c1-4-5-6-7-8-9-10-14-17-20-23-26-31-41(40(46)30-28-32-42(47)48)58-36-39(45)44(50)54-34-38(35-55-57(51,52)53)56-43(49)33-27-24-21-18-15-12-11-13-16-19-22-25-29-37(2)3/h8-9,14,17,20,23,26,31,37-41,46H,4-7,10-13,15-16,18-19,21-22,24-25,27-30,32-36,45H2,1-3H3,(H,47,48)(H2,51,52,53)/b9-8-,17-14-,23-20+,31-26+/t38-,39+,40+,41-/m1/s1. The maximum Gasteiger partial charge on any atom is 0.469 e. The van der Waals surface area contributed by atoms with Crippen LogP contribution >= 0.6 is 19.6 Å². The van der Waals surface area contributed by atoms with E-state index >= 15 is 0 Å². The molecule has 0 aliphatic carbocycles. The molecule has 14 heteroatoms. The lowest BCUT2D eigenvalue weighted by Gasteiger charge is -2.22. The zero-order chi connectivity index (χ0) is 43.3. The summed E-state index contributed by atoms with van der Waals surface area (Å²) in [5.74, 6) is -1.55. The molecule has 12 nitrogen and oxygen atoms in total. The molecule has 0 unspecified atom stereocenters. The summed E-state index contributed by atoms with van der Waals surface area (Å²) in [6, 6.07) is -1.14. The van der Waals surface area contributed by atoms with Crippen LogP contribution in [-0.4, -0.2) is 80.4 Å². The number of unbranched alkanes of at least 4 members (excludes halogenated alkanes) is 14. The number of aliphatic hydroxyl groups excluding tert-OH is 1. The fourth-order valence-electron chi connectivity index (χ4n) is 5.88. The summed E-state index contributed by atoms with van der Waals surface area (Å²) in [4.78, 5) is 54.7. The van der Waals surface area contributed by atoms with Crippen molar-refractivity contribution in [2.24, 2.45) is 11.7 Å². The van der Waals surface area contributed by atoms with E-state index in [0.29, 0.717) is 6.42 Å². The first-order chi connectivity index (χ1) is 27.7. The highest BCUT2D eigenvalue weighted by Gasteiger charge is 2.26. The van der Waals surface area contributed by atoms with Crippen LogP contribution < -0.4 is 5.73 Å². The van der Waals surface area contributed by atoms with E-state index in [2.05, 4.69) is 37.4 Å².